The van der Waals surface area contributed by atoms with E-state index in [0.717, 1.165) is 63.0 Å². The number of aliphatic carboxylic acids is 1. The van der Waals surface area contributed by atoms with E-state index in [4.69, 9.17) is 0 Å². The zero-order valence-corrected chi connectivity index (χ0v) is 19.3. The summed E-state index contributed by atoms with van der Waals surface area (Å²) in [6, 6.07) is 4.35. The predicted octanol–water partition coefficient (Wildman–Crippen LogP) is 5.36. The molecule has 0 fully saturated rings. The average Bonchev–Trinajstić information content (AvgIpc) is 2.81. The SMILES string of the molecule is O=C(N[C@H](CCCCCCCc1ccc2c(n1)NCCC2)C(=O)O)c1cc(F)cc(C(F)(F)F)c1. The first-order valence-corrected chi connectivity index (χ1v) is 11.8. The van der Waals surface area contributed by atoms with Gasteiger partial charge in [0.25, 0.3) is 5.91 Å². The van der Waals surface area contributed by atoms with E-state index < -0.39 is 41.0 Å². The molecule has 0 unspecified atom stereocenters. The first-order chi connectivity index (χ1) is 16.6. The highest BCUT2D eigenvalue weighted by molar-refractivity contribution is 5.96. The van der Waals surface area contributed by atoms with Crippen molar-refractivity contribution in [2.24, 2.45) is 0 Å². The molecule has 0 bridgehead atoms. The van der Waals surface area contributed by atoms with E-state index >= 15 is 0 Å². The molecule has 35 heavy (non-hydrogen) atoms. The van der Waals surface area contributed by atoms with Gasteiger partial charge in [-0.2, -0.15) is 13.2 Å². The first kappa shape index (κ1) is 26.4. The van der Waals surface area contributed by atoms with Crippen LogP contribution in [0.4, 0.5) is 23.4 Å². The van der Waals surface area contributed by atoms with Gasteiger partial charge in [-0.1, -0.05) is 31.7 Å². The number of unbranched alkanes of at least 4 members (excludes halogenated alkanes) is 4. The quantitative estimate of drug-likeness (QED) is 0.288. The van der Waals surface area contributed by atoms with Crippen LogP contribution in [0.1, 0.15) is 72.1 Å². The van der Waals surface area contributed by atoms with Gasteiger partial charge < -0.3 is 15.7 Å². The van der Waals surface area contributed by atoms with Gasteiger partial charge in [-0.05, 0) is 61.9 Å². The van der Waals surface area contributed by atoms with Gasteiger partial charge in [0, 0.05) is 17.8 Å². The Morgan fingerprint density at radius 1 is 1.09 bits per heavy atom. The van der Waals surface area contributed by atoms with Gasteiger partial charge in [-0.25, -0.2) is 14.2 Å². The summed E-state index contributed by atoms with van der Waals surface area (Å²) in [4.78, 5) is 28.4. The third-order valence-corrected chi connectivity index (χ3v) is 5.97. The molecule has 2 aromatic rings. The molecular formula is C25H29F4N3O3. The molecule has 1 aliphatic heterocycles. The Morgan fingerprint density at radius 3 is 2.57 bits per heavy atom. The molecule has 6 nitrogen and oxygen atoms in total. The molecule has 190 valence electrons. The van der Waals surface area contributed by atoms with Crippen molar-refractivity contribution < 1.29 is 32.3 Å². The number of aromatic nitrogens is 1. The fraction of sp³-hybridized carbons (Fsp3) is 0.480. The molecular weight excluding hydrogens is 466 g/mol. The number of nitrogens with one attached hydrogen (secondary N) is 2. The minimum atomic E-state index is -4.82. The second kappa shape index (κ2) is 12.0. The van der Waals surface area contributed by atoms with Crippen LogP contribution in [-0.2, 0) is 23.8 Å². The Balaban J connectivity index is 1.40. The average molecular weight is 496 g/mol. The molecule has 3 rings (SSSR count). The standard InChI is InChI=1S/C25H29F4N3O3/c26-19-14-17(13-18(15-19)25(27,28)29)23(33)32-21(24(34)35)9-5-3-1-2-4-8-20-11-10-16-7-6-12-30-22(16)31-20/h10-11,13-15,21H,1-9,12H2,(H,30,31)(H,32,33)(H,34,35)/t21-/m1/s1. The summed E-state index contributed by atoms with van der Waals surface area (Å²) in [5.41, 5.74) is 0.405. The maximum absolute atomic E-state index is 13.5. The maximum Gasteiger partial charge on any atom is 0.416 e. The molecule has 0 aliphatic carbocycles. The molecule has 3 N–H and O–H groups in total. The Labute approximate surface area is 201 Å². The zero-order valence-electron chi connectivity index (χ0n) is 19.3. The number of carboxylic acid groups (broad SMARTS) is 1. The van der Waals surface area contributed by atoms with Gasteiger partial charge >= 0.3 is 12.1 Å². The Bertz CT molecular complexity index is 1040. The van der Waals surface area contributed by atoms with Crippen molar-refractivity contribution in [1.29, 1.82) is 0 Å². The van der Waals surface area contributed by atoms with Crippen molar-refractivity contribution in [3.63, 3.8) is 0 Å². The number of rotatable bonds is 11. The Morgan fingerprint density at radius 2 is 1.83 bits per heavy atom. The van der Waals surface area contributed by atoms with Gasteiger partial charge in [-0.15, -0.1) is 0 Å². The molecule has 2 heterocycles. The van der Waals surface area contributed by atoms with Crippen LogP contribution in [-0.4, -0.2) is 34.6 Å². The molecule has 0 spiro atoms. The number of carbonyl (C=O) groups is 2. The fourth-order valence-corrected chi connectivity index (χ4v) is 4.08. The topological polar surface area (TPSA) is 91.3 Å². The van der Waals surface area contributed by atoms with E-state index in [-0.39, 0.29) is 12.5 Å². The summed E-state index contributed by atoms with van der Waals surface area (Å²) in [5.74, 6) is -2.60. The van der Waals surface area contributed by atoms with Crippen molar-refractivity contribution >= 4 is 17.7 Å². The number of nitrogens with zero attached hydrogens (tertiary/aromatic N) is 1. The highest BCUT2D eigenvalue weighted by Gasteiger charge is 2.32. The van der Waals surface area contributed by atoms with Crippen LogP contribution in [0.15, 0.2) is 30.3 Å². The molecule has 1 atom stereocenters. The minimum Gasteiger partial charge on any atom is -0.480 e. The molecule has 0 saturated carbocycles. The highest BCUT2D eigenvalue weighted by Crippen LogP contribution is 2.30. The molecule has 1 aromatic heterocycles. The van der Waals surface area contributed by atoms with Crippen molar-refractivity contribution in [2.45, 2.75) is 70.0 Å². The number of hydrogen-bond acceptors (Lipinski definition) is 4. The number of halogens is 4. The molecule has 0 radical (unpaired) electrons. The van der Waals surface area contributed by atoms with Crippen LogP contribution in [0, 0.1) is 5.82 Å². The number of carbonyl (C=O) groups excluding carboxylic acids is 1. The second-order valence-electron chi connectivity index (χ2n) is 8.74. The summed E-state index contributed by atoms with van der Waals surface area (Å²) in [6.07, 6.45) is 2.36. The predicted molar refractivity (Wildman–Crippen MR) is 123 cm³/mol. The molecule has 1 amide bonds. The lowest BCUT2D eigenvalue weighted by atomic mass is 10.0. The van der Waals surface area contributed by atoms with Gasteiger partial charge in [0.05, 0.1) is 5.56 Å². The maximum atomic E-state index is 13.5. The number of hydrogen-bond donors (Lipinski definition) is 3. The van der Waals surface area contributed by atoms with Crippen molar-refractivity contribution in [3.8, 4) is 0 Å². The third kappa shape index (κ3) is 7.93. The van der Waals surface area contributed by atoms with Crippen LogP contribution in [0.25, 0.3) is 0 Å². The lowest BCUT2D eigenvalue weighted by Gasteiger charge is -2.17. The van der Waals surface area contributed by atoms with E-state index in [1.807, 2.05) is 0 Å². The smallest absolute Gasteiger partial charge is 0.416 e. The fourth-order valence-electron chi connectivity index (χ4n) is 4.08. The minimum absolute atomic E-state index is 0.126. The summed E-state index contributed by atoms with van der Waals surface area (Å²) >= 11 is 0. The van der Waals surface area contributed by atoms with E-state index in [2.05, 4.69) is 27.8 Å². The molecule has 1 aromatic carbocycles. The van der Waals surface area contributed by atoms with Crippen LogP contribution < -0.4 is 10.6 Å². The number of carboxylic acids is 1. The number of benzene rings is 1. The van der Waals surface area contributed by atoms with Crippen LogP contribution in [0.3, 0.4) is 0 Å². The first-order valence-electron chi connectivity index (χ1n) is 11.8. The van der Waals surface area contributed by atoms with Gasteiger partial charge in [-0.3, -0.25) is 4.79 Å². The summed E-state index contributed by atoms with van der Waals surface area (Å²) in [5, 5.41) is 14.9. The normalized spacial score (nSPS) is 14.1. The lowest BCUT2D eigenvalue weighted by Crippen LogP contribution is -2.40. The summed E-state index contributed by atoms with van der Waals surface area (Å²) < 4.78 is 52.1. The number of fused-ring (bicyclic) bond motifs is 1. The lowest BCUT2D eigenvalue weighted by molar-refractivity contribution is -0.139. The second-order valence-corrected chi connectivity index (χ2v) is 8.74. The van der Waals surface area contributed by atoms with Gasteiger partial charge in [0.15, 0.2) is 0 Å². The number of alkyl halides is 3. The molecule has 10 heteroatoms. The van der Waals surface area contributed by atoms with Crippen LogP contribution in [0.2, 0.25) is 0 Å². The van der Waals surface area contributed by atoms with Crippen LogP contribution in [0.5, 0.6) is 0 Å². The monoisotopic (exact) mass is 495 g/mol. The molecule has 0 saturated heterocycles. The summed E-state index contributed by atoms with van der Waals surface area (Å²) in [7, 11) is 0. The largest absolute Gasteiger partial charge is 0.480 e. The van der Waals surface area contributed by atoms with Gasteiger partial charge in [0.1, 0.15) is 17.7 Å². The van der Waals surface area contributed by atoms with E-state index in [0.29, 0.717) is 18.6 Å². The van der Waals surface area contributed by atoms with E-state index in [1.165, 1.54) is 5.56 Å². The van der Waals surface area contributed by atoms with Crippen molar-refractivity contribution in [1.82, 2.24) is 10.3 Å². The van der Waals surface area contributed by atoms with Crippen molar-refractivity contribution in [3.05, 3.63) is 58.5 Å². The summed E-state index contributed by atoms with van der Waals surface area (Å²) in [6.45, 7) is 0.943. The Hall–Kier alpha value is -3.17. The van der Waals surface area contributed by atoms with Crippen LogP contribution >= 0.6 is 0 Å². The zero-order chi connectivity index (χ0) is 25.4. The van der Waals surface area contributed by atoms with E-state index in [1.54, 1.807) is 0 Å². The highest BCUT2D eigenvalue weighted by atomic mass is 19.4. The van der Waals surface area contributed by atoms with E-state index in [9.17, 15) is 32.3 Å². The third-order valence-electron chi connectivity index (χ3n) is 5.97. The molecule has 1 aliphatic rings. The van der Waals surface area contributed by atoms with Crippen molar-refractivity contribution in [2.75, 3.05) is 11.9 Å². The number of anilines is 1. The number of amides is 1. The number of aryl methyl sites for hydroxylation is 2. The Kier molecular flexibility index (Phi) is 9.06. The van der Waals surface area contributed by atoms with Gasteiger partial charge in [0.2, 0.25) is 0 Å². The number of pyridine rings is 1.